The van der Waals surface area contributed by atoms with Crippen LogP contribution in [0, 0.1) is 5.41 Å². The SMILES string of the molecule is Cl.NCC1(CC(=O)N2CCCC2c2ccc3c(c2)OCCO3)CCCCC1. The predicted octanol–water partition coefficient (Wildman–Crippen LogP) is 3.84. The molecular weight excluding hydrogens is 364 g/mol. The lowest BCUT2D eigenvalue weighted by molar-refractivity contribution is -0.135. The van der Waals surface area contributed by atoms with Crippen LogP contribution in [0.5, 0.6) is 11.5 Å². The number of nitrogens with zero attached hydrogens (tertiary/aromatic N) is 1. The molecular formula is C21H31ClN2O3. The molecule has 2 heterocycles. The van der Waals surface area contributed by atoms with Gasteiger partial charge in [-0.15, -0.1) is 12.4 Å². The zero-order valence-electron chi connectivity index (χ0n) is 16.0. The maximum absolute atomic E-state index is 13.2. The van der Waals surface area contributed by atoms with Crippen LogP contribution < -0.4 is 15.2 Å². The topological polar surface area (TPSA) is 64.8 Å². The average Bonchev–Trinajstić information content (AvgIpc) is 3.18. The molecule has 5 nitrogen and oxygen atoms in total. The molecule has 0 bridgehead atoms. The van der Waals surface area contributed by atoms with Crippen molar-refractivity contribution < 1.29 is 14.3 Å². The van der Waals surface area contributed by atoms with E-state index in [1.165, 1.54) is 19.3 Å². The number of hydrogen-bond acceptors (Lipinski definition) is 4. The Bertz CT molecular complexity index is 661. The zero-order chi connectivity index (χ0) is 18.0. The second-order valence-electron chi connectivity index (χ2n) is 8.09. The molecule has 0 radical (unpaired) electrons. The van der Waals surface area contributed by atoms with E-state index < -0.39 is 0 Å². The number of halogens is 1. The van der Waals surface area contributed by atoms with Crippen LogP contribution in [0.3, 0.4) is 0 Å². The number of likely N-dealkylation sites (tertiary alicyclic amines) is 1. The standard InChI is InChI=1S/C21H30N2O3.ClH/c22-15-21(8-2-1-3-9-21)14-20(24)23-10-4-5-17(23)16-6-7-18-19(13-16)26-12-11-25-18;/h6-7,13,17H,1-5,8-12,14-15,22H2;1H. The highest BCUT2D eigenvalue weighted by Crippen LogP contribution is 2.42. The molecule has 1 atom stereocenters. The molecule has 2 aliphatic heterocycles. The molecule has 1 aromatic carbocycles. The summed E-state index contributed by atoms with van der Waals surface area (Å²) in [5, 5.41) is 0. The minimum atomic E-state index is 0. The first-order valence-corrected chi connectivity index (χ1v) is 10.1. The van der Waals surface area contributed by atoms with Gasteiger partial charge in [-0.2, -0.15) is 0 Å². The van der Waals surface area contributed by atoms with Crippen LogP contribution in [-0.2, 0) is 4.79 Å². The van der Waals surface area contributed by atoms with Crippen molar-refractivity contribution in [3.05, 3.63) is 23.8 Å². The van der Waals surface area contributed by atoms with Gasteiger partial charge in [0.05, 0.1) is 6.04 Å². The van der Waals surface area contributed by atoms with Gasteiger partial charge < -0.3 is 20.1 Å². The van der Waals surface area contributed by atoms with Gasteiger partial charge in [0, 0.05) is 13.0 Å². The van der Waals surface area contributed by atoms with E-state index in [0.29, 0.717) is 26.2 Å². The Morgan fingerprint density at radius 1 is 1.11 bits per heavy atom. The molecule has 0 aromatic heterocycles. The van der Waals surface area contributed by atoms with Gasteiger partial charge in [0.2, 0.25) is 5.91 Å². The Kier molecular flexibility index (Phi) is 6.53. The fourth-order valence-corrected chi connectivity index (χ4v) is 4.86. The maximum atomic E-state index is 13.2. The van der Waals surface area contributed by atoms with Crippen LogP contribution in [0.15, 0.2) is 18.2 Å². The number of benzene rings is 1. The van der Waals surface area contributed by atoms with Crippen molar-refractivity contribution in [3.8, 4) is 11.5 Å². The van der Waals surface area contributed by atoms with Crippen LogP contribution in [0.1, 0.15) is 63.0 Å². The molecule has 1 saturated heterocycles. The van der Waals surface area contributed by atoms with E-state index in [2.05, 4.69) is 17.0 Å². The lowest BCUT2D eigenvalue weighted by Gasteiger charge is -2.37. The van der Waals surface area contributed by atoms with E-state index in [-0.39, 0.29) is 29.8 Å². The molecule has 0 spiro atoms. The van der Waals surface area contributed by atoms with Crippen LogP contribution in [0.2, 0.25) is 0 Å². The van der Waals surface area contributed by atoms with E-state index in [1.807, 2.05) is 6.07 Å². The number of hydrogen-bond donors (Lipinski definition) is 1. The molecule has 1 saturated carbocycles. The van der Waals surface area contributed by atoms with Crippen molar-refractivity contribution in [2.24, 2.45) is 11.1 Å². The number of nitrogens with two attached hydrogens (primary N) is 1. The summed E-state index contributed by atoms with van der Waals surface area (Å²) in [7, 11) is 0. The van der Waals surface area contributed by atoms with Crippen molar-refractivity contribution in [3.63, 3.8) is 0 Å². The van der Waals surface area contributed by atoms with Crippen LogP contribution in [-0.4, -0.2) is 37.1 Å². The number of carbonyl (C=O) groups excluding carboxylic acids is 1. The Hall–Kier alpha value is -1.46. The van der Waals surface area contributed by atoms with Crippen molar-refractivity contribution in [1.82, 2.24) is 4.90 Å². The lowest BCUT2D eigenvalue weighted by Crippen LogP contribution is -2.40. The van der Waals surface area contributed by atoms with Crippen molar-refractivity contribution >= 4 is 18.3 Å². The number of fused-ring (bicyclic) bond motifs is 1. The van der Waals surface area contributed by atoms with Gasteiger partial charge in [-0.05, 0) is 55.3 Å². The van der Waals surface area contributed by atoms with Gasteiger partial charge in [0.15, 0.2) is 11.5 Å². The molecule has 4 rings (SSSR count). The van der Waals surface area contributed by atoms with Gasteiger partial charge in [-0.3, -0.25) is 4.79 Å². The predicted molar refractivity (Wildman–Crippen MR) is 108 cm³/mol. The van der Waals surface area contributed by atoms with Gasteiger partial charge in [0.25, 0.3) is 0 Å². The highest BCUT2D eigenvalue weighted by atomic mass is 35.5. The smallest absolute Gasteiger partial charge is 0.223 e. The monoisotopic (exact) mass is 394 g/mol. The first-order chi connectivity index (χ1) is 12.7. The molecule has 2 fully saturated rings. The van der Waals surface area contributed by atoms with E-state index in [0.717, 1.165) is 49.3 Å². The van der Waals surface area contributed by atoms with Crippen molar-refractivity contribution in [1.29, 1.82) is 0 Å². The highest BCUT2D eigenvalue weighted by molar-refractivity contribution is 5.85. The molecule has 2 N–H and O–H groups in total. The molecule has 3 aliphatic rings. The first kappa shape index (κ1) is 20.3. The normalized spacial score (nSPS) is 23.6. The van der Waals surface area contributed by atoms with Crippen LogP contribution in [0.25, 0.3) is 0 Å². The van der Waals surface area contributed by atoms with Gasteiger partial charge in [0.1, 0.15) is 13.2 Å². The summed E-state index contributed by atoms with van der Waals surface area (Å²) < 4.78 is 11.4. The molecule has 27 heavy (non-hydrogen) atoms. The van der Waals surface area contributed by atoms with E-state index in [1.54, 1.807) is 0 Å². The minimum absolute atomic E-state index is 0. The Morgan fingerprint density at radius 3 is 2.59 bits per heavy atom. The van der Waals surface area contributed by atoms with Gasteiger partial charge in [-0.25, -0.2) is 0 Å². The number of amides is 1. The third-order valence-corrected chi connectivity index (χ3v) is 6.40. The highest BCUT2D eigenvalue weighted by Gasteiger charge is 2.37. The zero-order valence-corrected chi connectivity index (χ0v) is 16.8. The van der Waals surface area contributed by atoms with E-state index in [9.17, 15) is 4.79 Å². The summed E-state index contributed by atoms with van der Waals surface area (Å²) in [6.07, 6.45) is 8.55. The second-order valence-corrected chi connectivity index (χ2v) is 8.09. The molecule has 1 amide bonds. The quantitative estimate of drug-likeness (QED) is 0.842. The van der Waals surface area contributed by atoms with Crippen molar-refractivity contribution in [2.75, 3.05) is 26.3 Å². The number of carbonyl (C=O) groups is 1. The number of ether oxygens (including phenoxy) is 2. The third-order valence-electron chi connectivity index (χ3n) is 6.40. The third kappa shape index (κ3) is 4.19. The summed E-state index contributed by atoms with van der Waals surface area (Å²) in [6, 6.07) is 6.28. The van der Waals surface area contributed by atoms with E-state index in [4.69, 9.17) is 15.2 Å². The Morgan fingerprint density at radius 2 is 1.85 bits per heavy atom. The minimum Gasteiger partial charge on any atom is -0.486 e. The van der Waals surface area contributed by atoms with Gasteiger partial charge in [-0.1, -0.05) is 25.3 Å². The fourth-order valence-electron chi connectivity index (χ4n) is 4.86. The first-order valence-electron chi connectivity index (χ1n) is 10.1. The van der Waals surface area contributed by atoms with Crippen molar-refractivity contribution in [2.45, 2.75) is 57.4 Å². The summed E-state index contributed by atoms with van der Waals surface area (Å²) in [4.78, 5) is 15.2. The maximum Gasteiger partial charge on any atom is 0.223 e. The molecule has 1 aliphatic carbocycles. The van der Waals surface area contributed by atoms with Crippen LogP contribution >= 0.6 is 12.4 Å². The molecule has 1 aromatic rings. The molecule has 6 heteroatoms. The summed E-state index contributed by atoms with van der Waals surface area (Å²) in [5.41, 5.74) is 7.29. The summed E-state index contributed by atoms with van der Waals surface area (Å²) in [6.45, 7) is 2.66. The van der Waals surface area contributed by atoms with Crippen LogP contribution in [0.4, 0.5) is 0 Å². The second kappa shape index (κ2) is 8.70. The number of rotatable bonds is 4. The summed E-state index contributed by atoms with van der Waals surface area (Å²) >= 11 is 0. The molecule has 150 valence electrons. The van der Waals surface area contributed by atoms with E-state index >= 15 is 0 Å². The lowest BCUT2D eigenvalue weighted by atomic mass is 9.71. The Labute approximate surface area is 168 Å². The Balaban J connectivity index is 0.00000210. The largest absolute Gasteiger partial charge is 0.486 e. The molecule has 1 unspecified atom stereocenters. The average molecular weight is 395 g/mol. The fraction of sp³-hybridized carbons (Fsp3) is 0.667. The summed E-state index contributed by atoms with van der Waals surface area (Å²) in [5.74, 6) is 1.88. The van der Waals surface area contributed by atoms with Gasteiger partial charge >= 0.3 is 0 Å².